The molecule has 3 aromatic rings. The fraction of sp³-hybridized carbons (Fsp3) is 0.167. The second-order valence-electron chi connectivity index (χ2n) is 5.12. The largest absolute Gasteiger partial charge is 0.469 e. The van der Waals surface area contributed by atoms with E-state index in [1.165, 1.54) is 12.5 Å². The standard InChI is InChI=1S/C18H17NO2.ClH/c1-21-18(20)11-17(19)16-10-12-6-2-3-7-13(12)14-8-4-5-9-15(14)16;/h2-10,17H,11,19H2,1H3;1H/t17-;/m0./s1. The van der Waals surface area contributed by atoms with Gasteiger partial charge >= 0.3 is 5.97 Å². The summed E-state index contributed by atoms with van der Waals surface area (Å²) < 4.78 is 4.72. The Morgan fingerprint density at radius 1 is 1.05 bits per heavy atom. The number of hydrogen-bond acceptors (Lipinski definition) is 3. The highest BCUT2D eigenvalue weighted by Gasteiger charge is 2.16. The van der Waals surface area contributed by atoms with E-state index in [1.807, 2.05) is 30.3 Å². The van der Waals surface area contributed by atoms with Crippen LogP contribution in [0.4, 0.5) is 0 Å². The van der Waals surface area contributed by atoms with Gasteiger partial charge in [-0.1, -0.05) is 48.5 Å². The van der Waals surface area contributed by atoms with Gasteiger partial charge in [-0.3, -0.25) is 4.79 Å². The van der Waals surface area contributed by atoms with Crippen molar-refractivity contribution in [2.75, 3.05) is 7.11 Å². The molecule has 4 heteroatoms. The number of benzene rings is 3. The van der Waals surface area contributed by atoms with Crippen LogP contribution in [0.5, 0.6) is 0 Å². The maximum Gasteiger partial charge on any atom is 0.307 e. The third-order valence-electron chi connectivity index (χ3n) is 3.81. The van der Waals surface area contributed by atoms with Gasteiger partial charge in [0.05, 0.1) is 13.5 Å². The van der Waals surface area contributed by atoms with Crippen LogP contribution in [0.3, 0.4) is 0 Å². The van der Waals surface area contributed by atoms with Gasteiger partial charge in [0.25, 0.3) is 0 Å². The molecule has 3 aromatic carbocycles. The van der Waals surface area contributed by atoms with Crippen molar-refractivity contribution in [2.24, 2.45) is 5.73 Å². The number of hydrogen-bond donors (Lipinski definition) is 1. The van der Waals surface area contributed by atoms with Gasteiger partial charge in [0.1, 0.15) is 0 Å². The van der Waals surface area contributed by atoms with Crippen LogP contribution < -0.4 is 5.73 Å². The topological polar surface area (TPSA) is 52.3 Å². The number of esters is 1. The minimum atomic E-state index is -0.369. The second kappa shape index (κ2) is 6.77. The summed E-state index contributed by atoms with van der Waals surface area (Å²) in [5.74, 6) is -0.292. The molecule has 22 heavy (non-hydrogen) atoms. The van der Waals surface area contributed by atoms with Crippen LogP contribution >= 0.6 is 12.4 Å². The first-order valence-corrected chi connectivity index (χ1v) is 6.93. The molecule has 0 heterocycles. The smallest absolute Gasteiger partial charge is 0.307 e. The van der Waals surface area contributed by atoms with Gasteiger partial charge in [0.2, 0.25) is 0 Å². The molecule has 0 spiro atoms. The van der Waals surface area contributed by atoms with Crippen LogP contribution in [0.15, 0.2) is 54.6 Å². The second-order valence-corrected chi connectivity index (χ2v) is 5.12. The van der Waals surface area contributed by atoms with Gasteiger partial charge in [0.15, 0.2) is 0 Å². The zero-order chi connectivity index (χ0) is 14.8. The Morgan fingerprint density at radius 2 is 1.64 bits per heavy atom. The minimum absolute atomic E-state index is 0. The molecule has 0 saturated heterocycles. The highest BCUT2D eigenvalue weighted by Crippen LogP contribution is 2.32. The van der Waals surface area contributed by atoms with E-state index in [-0.39, 0.29) is 30.8 Å². The molecule has 0 radical (unpaired) electrons. The summed E-state index contributed by atoms with van der Waals surface area (Å²) in [5, 5.41) is 4.58. The summed E-state index contributed by atoms with van der Waals surface area (Å²) in [6.07, 6.45) is 0.179. The molecule has 0 amide bonds. The fourth-order valence-electron chi connectivity index (χ4n) is 2.76. The van der Waals surface area contributed by atoms with Crippen molar-refractivity contribution in [3.05, 3.63) is 60.2 Å². The van der Waals surface area contributed by atoms with Crippen LogP contribution in [0.25, 0.3) is 21.5 Å². The van der Waals surface area contributed by atoms with Gasteiger partial charge in [0, 0.05) is 6.04 Å². The minimum Gasteiger partial charge on any atom is -0.469 e. The molecule has 1 atom stereocenters. The van der Waals surface area contributed by atoms with E-state index < -0.39 is 0 Å². The predicted octanol–water partition coefficient (Wildman–Crippen LogP) is 3.98. The maximum absolute atomic E-state index is 11.5. The molecule has 0 aliphatic carbocycles. The number of carbonyl (C=O) groups excluding carboxylic acids is 1. The van der Waals surface area contributed by atoms with Crippen LogP contribution in [-0.2, 0) is 9.53 Å². The molecule has 0 bridgehead atoms. The zero-order valence-electron chi connectivity index (χ0n) is 12.3. The van der Waals surface area contributed by atoms with E-state index in [2.05, 4.69) is 24.3 Å². The summed E-state index contributed by atoms with van der Waals surface area (Å²) in [6.45, 7) is 0. The monoisotopic (exact) mass is 315 g/mol. The molecular weight excluding hydrogens is 298 g/mol. The lowest BCUT2D eigenvalue weighted by atomic mass is 9.92. The molecule has 3 nitrogen and oxygen atoms in total. The third kappa shape index (κ3) is 2.91. The Hall–Kier alpha value is -2.10. The number of methoxy groups -OCH3 is 1. The van der Waals surface area contributed by atoms with Crippen molar-refractivity contribution in [3.8, 4) is 0 Å². The normalized spacial score (nSPS) is 11.9. The molecule has 0 aliphatic heterocycles. The first-order chi connectivity index (χ1) is 10.2. The maximum atomic E-state index is 11.5. The summed E-state index contributed by atoms with van der Waals surface area (Å²) in [5.41, 5.74) is 7.21. The Labute approximate surface area is 135 Å². The van der Waals surface area contributed by atoms with Crippen LogP contribution in [0.1, 0.15) is 18.0 Å². The lowest BCUT2D eigenvalue weighted by molar-refractivity contribution is -0.141. The van der Waals surface area contributed by atoms with Gasteiger partial charge in [-0.2, -0.15) is 0 Å². The quantitative estimate of drug-likeness (QED) is 0.587. The van der Waals surface area contributed by atoms with E-state index in [0.29, 0.717) is 0 Å². The van der Waals surface area contributed by atoms with Crippen molar-refractivity contribution < 1.29 is 9.53 Å². The molecule has 2 N–H and O–H groups in total. The van der Waals surface area contributed by atoms with Crippen LogP contribution in [0, 0.1) is 0 Å². The summed E-state index contributed by atoms with van der Waals surface area (Å²) >= 11 is 0. The SMILES string of the molecule is COC(=O)C[C@H](N)c1cc2ccccc2c2ccccc12.Cl. The molecular formula is C18H18ClNO2. The molecule has 0 fully saturated rings. The highest BCUT2D eigenvalue weighted by molar-refractivity contribution is 6.09. The number of fused-ring (bicyclic) bond motifs is 3. The Bertz CT molecular complexity index is 816. The van der Waals surface area contributed by atoms with E-state index in [4.69, 9.17) is 10.5 Å². The Kier molecular flexibility index (Phi) is 5.01. The zero-order valence-corrected chi connectivity index (χ0v) is 13.1. The van der Waals surface area contributed by atoms with Gasteiger partial charge in [-0.05, 0) is 33.2 Å². The van der Waals surface area contributed by atoms with Gasteiger partial charge in [-0.25, -0.2) is 0 Å². The number of nitrogens with two attached hydrogens (primary N) is 1. The highest BCUT2D eigenvalue weighted by atomic mass is 35.5. The molecule has 3 rings (SSSR count). The number of halogens is 1. The Morgan fingerprint density at radius 3 is 2.32 bits per heavy atom. The van der Waals surface area contributed by atoms with Crippen molar-refractivity contribution in [1.82, 2.24) is 0 Å². The summed E-state index contributed by atoms with van der Waals surface area (Å²) in [7, 11) is 1.38. The van der Waals surface area contributed by atoms with Crippen molar-refractivity contribution in [1.29, 1.82) is 0 Å². The van der Waals surface area contributed by atoms with Crippen molar-refractivity contribution >= 4 is 39.9 Å². The lowest BCUT2D eigenvalue weighted by Gasteiger charge is -2.16. The first-order valence-electron chi connectivity index (χ1n) is 6.93. The number of ether oxygens (including phenoxy) is 1. The fourth-order valence-corrected chi connectivity index (χ4v) is 2.76. The van der Waals surface area contributed by atoms with Crippen LogP contribution in [-0.4, -0.2) is 13.1 Å². The van der Waals surface area contributed by atoms with E-state index >= 15 is 0 Å². The van der Waals surface area contributed by atoms with E-state index in [1.54, 1.807) is 0 Å². The predicted molar refractivity (Wildman–Crippen MR) is 92.3 cm³/mol. The summed E-state index contributed by atoms with van der Waals surface area (Å²) in [6, 6.07) is 18.1. The Balaban J connectivity index is 0.00000176. The van der Waals surface area contributed by atoms with Crippen LogP contribution in [0.2, 0.25) is 0 Å². The molecule has 0 saturated carbocycles. The van der Waals surface area contributed by atoms with Gasteiger partial charge in [-0.15, -0.1) is 12.4 Å². The lowest BCUT2D eigenvalue weighted by Crippen LogP contribution is -2.16. The average Bonchev–Trinajstić information content (AvgIpc) is 2.53. The van der Waals surface area contributed by atoms with E-state index in [0.717, 1.165) is 21.7 Å². The number of rotatable bonds is 3. The molecule has 0 unspecified atom stereocenters. The van der Waals surface area contributed by atoms with E-state index in [9.17, 15) is 4.79 Å². The first kappa shape index (κ1) is 16.3. The molecule has 114 valence electrons. The molecule has 0 aromatic heterocycles. The molecule has 0 aliphatic rings. The van der Waals surface area contributed by atoms with Crippen molar-refractivity contribution in [3.63, 3.8) is 0 Å². The third-order valence-corrected chi connectivity index (χ3v) is 3.81. The number of carbonyl (C=O) groups is 1. The average molecular weight is 316 g/mol. The van der Waals surface area contributed by atoms with Crippen molar-refractivity contribution in [2.45, 2.75) is 12.5 Å². The summed E-state index contributed by atoms with van der Waals surface area (Å²) in [4.78, 5) is 11.5. The van der Waals surface area contributed by atoms with Gasteiger partial charge < -0.3 is 10.5 Å².